The smallest absolute Gasteiger partial charge is 1.00 e. The molecule has 6 heavy (non-hydrogen) atoms. The summed E-state index contributed by atoms with van der Waals surface area (Å²) < 4.78 is 0. The van der Waals surface area contributed by atoms with E-state index in [0.29, 0.717) is 0 Å². The Morgan fingerprint density at radius 2 is 1.33 bits per heavy atom. The molecular weight excluding hydrogens is 203 g/mol. The van der Waals surface area contributed by atoms with Gasteiger partial charge in [-0.3, -0.25) is 0 Å². The van der Waals surface area contributed by atoms with Gasteiger partial charge in [-0.25, -0.2) is 0 Å². The van der Waals surface area contributed by atoms with E-state index in [2.05, 4.69) is 0 Å². The molecule has 0 aromatic heterocycles. The maximum absolute atomic E-state index is 9.53. The maximum atomic E-state index is 9.53. The Kier molecular flexibility index (Phi) is 25.2. The molecule has 0 heterocycles. The predicted molar refractivity (Wildman–Crippen MR) is 20.9 cm³/mol. The number of rotatable bonds is 0. The number of hydrogen-bond acceptors (Lipinski definition) is 1. The van der Waals surface area contributed by atoms with E-state index in [-0.39, 0.29) is 47.0 Å². The first kappa shape index (κ1) is 15.7. The number of halogens is 1. The quantitative estimate of drug-likeness (QED) is 0.299. The van der Waals surface area contributed by atoms with Crippen molar-refractivity contribution in [2.24, 2.45) is 0 Å². The zero-order valence-electron chi connectivity index (χ0n) is 4.07. The van der Waals surface area contributed by atoms with Crippen LogP contribution in [-0.2, 0) is 0 Å². The average Bonchev–Trinajstić information content (AvgIpc) is 0.811. The van der Waals surface area contributed by atoms with Crippen molar-refractivity contribution in [3.8, 4) is 0 Å². The van der Waals surface area contributed by atoms with Gasteiger partial charge in [-0.2, -0.15) is 0 Å². The van der Waals surface area contributed by atoms with E-state index in [0.717, 1.165) is 0 Å². The van der Waals surface area contributed by atoms with Gasteiger partial charge in [0, 0.05) is 0 Å². The summed E-state index contributed by atoms with van der Waals surface area (Å²) in [6, 6.07) is 0. The molecule has 0 saturated carbocycles. The van der Waals surface area contributed by atoms with Gasteiger partial charge < -0.3 is 29.1 Å². The third-order valence-corrected chi connectivity index (χ3v) is 0. The van der Waals surface area contributed by atoms with Gasteiger partial charge in [0.05, 0.1) is 0 Å². The molecule has 3 heteroatoms. The van der Waals surface area contributed by atoms with Crippen molar-refractivity contribution >= 4 is 23.1 Å². The van der Waals surface area contributed by atoms with Crippen molar-refractivity contribution in [2.75, 3.05) is 0 Å². The first-order valence-electron chi connectivity index (χ1n) is 1.39. The van der Waals surface area contributed by atoms with Gasteiger partial charge in [0.2, 0.25) is 0 Å². The van der Waals surface area contributed by atoms with Crippen molar-refractivity contribution in [1.29, 1.82) is 0 Å². The fourth-order valence-electron chi connectivity index (χ4n) is 0. The Balaban J connectivity index is -0.0000000450. The van der Waals surface area contributed by atoms with E-state index in [1.165, 1.54) is 0 Å². The van der Waals surface area contributed by atoms with E-state index in [9.17, 15) is 5.11 Å². The summed E-state index contributed by atoms with van der Waals surface area (Å²) in [7, 11) is 0. The first-order chi connectivity index (χ1) is 1.73. The van der Waals surface area contributed by atoms with Gasteiger partial charge in [-0.05, 0) is 0 Å². The Bertz CT molecular complexity index is 15.5. The van der Waals surface area contributed by atoms with Gasteiger partial charge in [-0.15, -0.1) is 6.10 Å². The number of hydrogen-bond donors (Lipinski definition) is 0. The normalized spacial score (nSPS) is 6.00. The molecule has 0 radical (unpaired) electrons. The van der Waals surface area contributed by atoms with Crippen LogP contribution in [0.15, 0.2) is 0 Å². The second-order valence-electron chi connectivity index (χ2n) is 1.05. The van der Waals surface area contributed by atoms with E-state index in [1.54, 1.807) is 13.8 Å². The van der Waals surface area contributed by atoms with Crippen molar-refractivity contribution in [3.05, 3.63) is 0 Å². The second-order valence-corrected chi connectivity index (χ2v) is 1.05. The van der Waals surface area contributed by atoms with Gasteiger partial charge in [0.1, 0.15) is 0 Å². The third kappa shape index (κ3) is 51.1. The molecule has 1 nitrogen and oxygen atoms in total. The van der Waals surface area contributed by atoms with Crippen molar-refractivity contribution in [1.82, 2.24) is 0 Å². The molecule has 0 spiro atoms. The van der Waals surface area contributed by atoms with Crippen molar-refractivity contribution in [3.63, 3.8) is 0 Å². The van der Waals surface area contributed by atoms with Crippen LogP contribution in [0.2, 0.25) is 0 Å². The second kappa shape index (κ2) is 9.68. The summed E-state index contributed by atoms with van der Waals surface area (Å²) in [6.07, 6.45) is -0.417. The fourth-order valence-corrected chi connectivity index (χ4v) is 0. The van der Waals surface area contributed by atoms with Crippen LogP contribution < -0.4 is 29.1 Å². The van der Waals surface area contributed by atoms with Crippen LogP contribution in [0.5, 0.6) is 0 Å². The Morgan fingerprint density at radius 1 is 1.33 bits per heavy atom. The largest absolute Gasteiger partial charge is 2.00 e. The molecule has 0 unspecified atom stereocenters. The van der Waals surface area contributed by atoms with Gasteiger partial charge in [0.25, 0.3) is 0 Å². The van der Waals surface area contributed by atoms with E-state index < -0.39 is 6.10 Å². The molecule has 0 atom stereocenters. The minimum atomic E-state index is -0.417. The molecule has 0 aromatic carbocycles. The first-order valence-corrected chi connectivity index (χ1v) is 1.39. The molecule has 0 rings (SSSR count). The summed E-state index contributed by atoms with van der Waals surface area (Å²) in [5, 5.41) is 9.53. The fraction of sp³-hybridized carbons (Fsp3) is 1.00. The van der Waals surface area contributed by atoms with E-state index in [1.807, 2.05) is 0 Å². The standard InChI is InChI=1S/C3H7O.HI.Mg/c1-3(2)4;;/h3H,1-2H3;1H;/q-1;;+2/p-1. The van der Waals surface area contributed by atoms with Crippen LogP contribution in [0.25, 0.3) is 0 Å². The summed E-state index contributed by atoms with van der Waals surface area (Å²) in [5.41, 5.74) is 0. The molecule has 0 aliphatic carbocycles. The Hall–Kier alpha value is 1.46. The molecule has 0 aliphatic rings. The molecule has 0 bridgehead atoms. The summed E-state index contributed by atoms with van der Waals surface area (Å²) in [6.45, 7) is 3.22. The summed E-state index contributed by atoms with van der Waals surface area (Å²) in [5.74, 6) is 0. The van der Waals surface area contributed by atoms with E-state index in [4.69, 9.17) is 0 Å². The summed E-state index contributed by atoms with van der Waals surface area (Å²) in [4.78, 5) is 0. The van der Waals surface area contributed by atoms with E-state index >= 15 is 0 Å². The molecule has 0 fully saturated rings. The summed E-state index contributed by atoms with van der Waals surface area (Å²) >= 11 is 0. The molecule has 0 aliphatic heterocycles. The minimum absolute atomic E-state index is 0. The molecule has 0 aromatic rings. The molecule has 0 N–H and O–H groups in total. The minimum Gasteiger partial charge on any atom is -1.00 e. The van der Waals surface area contributed by atoms with Gasteiger partial charge >= 0.3 is 23.1 Å². The molecule has 0 saturated heterocycles. The van der Waals surface area contributed by atoms with Crippen LogP contribution in [0, 0.1) is 0 Å². The van der Waals surface area contributed by atoms with Crippen LogP contribution in [0.1, 0.15) is 13.8 Å². The molecule has 0 amide bonds. The Morgan fingerprint density at radius 3 is 1.33 bits per heavy atom. The molecular formula is C3H7IMgO. The third-order valence-electron chi connectivity index (χ3n) is 0. The molecule has 34 valence electrons. The zero-order valence-corrected chi connectivity index (χ0v) is 7.64. The van der Waals surface area contributed by atoms with Crippen LogP contribution in [-0.4, -0.2) is 29.2 Å². The van der Waals surface area contributed by atoms with Crippen LogP contribution in [0.3, 0.4) is 0 Å². The van der Waals surface area contributed by atoms with Crippen molar-refractivity contribution in [2.45, 2.75) is 20.0 Å². The average molecular weight is 210 g/mol. The zero-order chi connectivity index (χ0) is 3.58. The monoisotopic (exact) mass is 210 g/mol. The predicted octanol–water partition coefficient (Wildman–Crippen LogP) is -3.62. The van der Waals surface area contributed by atoms with Crippen LogP contribution in [0.4, 0.5) is 0 Å². The topological polar surface area (TPSA) is 23.1 Å². The van der Waals surface area contributed by atoms with Gasteiger partial charge in [-0.1, -0.05) is 13.8 Å². The van der Waals surface area contributed by atoms with Crippen LogP contribution >= 0.6 is 0 Å². The maximum Gasteiger partial charge on any atom is 2.00 e. The van der Waals surface area contributed by atoms with Gasteiger partial charge in [0.15, 0.2) is 0 Å². The Labute approximate surface area is 71.7 Å². The van der Waals surface area contributed by atoms with Crippen molar-refractivity contribution < 1.29 is 29.1 Å². The SMILES string of the molecule is CC(C)[O-].[I-].[Mg+2].